The number of methoxy groups -OCH3 is 1. The van der Waals surface area contributed by atoms with E-state index in [0.29, 0.717) is 17.9 Å². The number of benzene rings is 3. The van der Waals surface area contributed by atoms with Crippen molar-refractivity contribution in [3.63, 3.8) is 0 Å². The summed E-state index contributed by atoms with van der Waals surface area (Å²) in [5.41, 5.74) is 8.36. The normalized spacial score (nSPS) is 13.0. The molecule has 0 spiro atoms. The monoisotopic (exact) mass is 457 g/mol. The van der Waals surface area contributed by atoms with Crippen molar-refractivity contribution < 1.29 is 19.1 Å². The largest absolute Gasteiger partial charge is 0.481 e. The van der Waals surface area contributed by atoms with Crippen LogP contribution in [-0.2, 0) is 28.9 Å². The maximum absolute atomic E-state index is 12.8. The van der Waals surface area contributed by atoms with Crippen LogP contribution in [0.25, 0.3) is 21.8 Å². The number of rotatable bonds is 6. The number of nitrogen functional groups attached to an aromatic ring is 1. The molecule has 174 valence electrons. The molecular weight excluding hydrogens is 430 g/mol. The third-order valence-electron chi connectivity index (χ3n) is 6.57. The number of nitrogens with two attached hydrogens (primary N) is 1. The van der Waals surface area contributed by atoms with E-state index in [9.17, 15) is 9.59 Å². The molecule has 34 heavy (non-hydrogen) atoms. The Balaban J connectivity index is 1.87. The van der Waals surface area contributed by atoms with E-state index in [0.717, 1.165) is 53.1 Å². The SMILES string of the molecule is COC(=O)COc1cc2c(c3c1c1c(C(=O)NN)cccc1n3Cc1ccccc1)CCCC2. The lowest BCUT2D eigenvalue weighted by Gasteiger charge is -2.21. The predicted molar refractivity (Wildman–Crippen MR) is 131 cm³/mol. The maximum Gasteiger partial charge on any atom is 0.343 e. The first-order valence-corrected chi connectivity index (χ1v) is 11.5. The van der Waals surface area contributed by atoms with Gasteiger partial charge in [-0.15, -0.1) is 0 Å². The molecule has 5 rings (SSSR count). The number of amides is 1. The second kappa shape index (κ2) is 9.19. The van der Waals surface area contributed by atoms with E-state index in [-0.39, 0.29) is 12.5 Å². The molecule has 1 aliphatic rings. The summed E-state index contributed by atoms with van der Waals surface area (Å²) < 4.78 is 13.1. The van der Waals surface area contributed by atoms with E-state index in [4.69, 9.17) is 15.3 Å². The molecule has 0 radical (unpaired) electrons. The number of carbonyl (C=O) groups is 2. The molecule has 7 nitrogen and oxygen atoms in total. The summed E-state index contributed by atoms with van der Waals surface area (Å²) in [5, 5.41) is 1.60. The van der Waals surface area contributed by atoms with Gasteiger partial charge in [0.25, 0.3) is 5.91 Å². The number of nitrogens with one attached hydrogen (secondary N) is 1. The molecular formula is C27H27N3O4. The van der Waals surface area contributed by atoms with Crippen molar-refractivity contribution in [1.82, 2.24) is 9.99 Å². The molecule has 3 aromatic carbocycles. The molecule has 0 aliphatic heterocycles. The van der Waals surface area contributed by atoms with Gasteiger partial charge in [0.15, 0.2) is 6.61 Å². The standard InChI is InChI=1S/C27H27N3O4/c1-33-23(31)16-34-22-14-18-10-5-6-11-19(18)26-25(22)24-20(27(32)29-28)12-7-13-21(24)30(26)15-17-8-3-2-4-9-17/h2-4,7-9,12-14H,5-6,10-11,15-16,28H2,1H3,(H,29,32). The van der Waals surface area contributed by atoms with Crippen LogP contribution in [0.15, 0.2) is 54.6 Å². The first kappa shape index (κ1) is 22.0. The minimum atomic E-state index is -0.459. The van der Waals surface area contributed by atoms with Crippen LogP contribution in [0, 0.1) is 0 Å². The van der Waals surface area contributed by atoms with E-state index in [1.54, 1.807) is 6.07 Å². The van der Waals surface area contributed by atoms with Crippen molar-refractivity contribution in [2.45, 2.75) is 32.2 Å². The molecule has 4 aromatic rings. The van der Waals surface area contributed by atoms with Gasteiger partial charge in [-0.1, -0.05) is 36.4 Å². The van der Waals surface area contributed by atoms with Crippen LogP contribution in [0.3, 0.4) is 0 Å². The Morgan fingerprint density at radius 2 is 1.82 bits per heavy atom. The maximum atomic E-state index is 12.8. The number of nitrogens with zero attached hydrogens (tertiary/aromatic N) is 1. The topological polar surface area (TPSA) is 95.6 Å². The Bertz CT molecular complexity index is 1390. The molecule has 1 aliphatic carbocycles. The van der Waals surface area contributed by atoms with Gasteiger partial charge in [0, 0.05) is 11.9 Å². The predicted octanol–water partition coefficient (Wildman–Crippen LogP) is 3.88. The molecule has 0 unspecified atom stereocenters. The van der Waals surface area contributed by atoms with Crippen LogP contribution in [0.5, 0.6) is 5.75 Å². The van der Waals surface area contributed by atoms with E-state index in [1.165, 1.54) is 18.2 Å². The lowest BCUT2D eigenvalue weighted by atomic mass is 9.89. The zero-order valence-corrected chi connectivity index (χ0v) is 19.1. The van der Waals surface area contributed by atoms with Crippen LogP contribution in [0.2, 0.25) is 0 Å². The minimum Gasteiger partial charge on any atom is -0.481 e. The van der Waals surface area contributed by atoms with Gasteiger partial charge in [0.1, 0.15) is 5.75 Å². The smallest absolute Gasteiger partial charge is 0.343 e. The van der Waals surface area contributed by atoms with Crippen molar-refractivity contribution in [2.24, 2.45) is 5.84 Å². The van der Waals surface area contributed by atoms with Gasteiger partial charge in [0.2, 0.25) is 0 Å². The quantitative estimate of drug-likeness (QED) is 0.198. The van der Waals surface area contributed by atoms with Gasteiger partial charge < -0.3 is 14.0 Å². The Morgan fingerprint density at radius 3 is 2.59 bits per heavy atom. The van der Waals surface area contributed by atoms with Crippen LogP contribution < -0.4 is 16.0 Å². The van der Waals surface area contributed by atoms with Gasteiger partial charge in [0.05, 0.1) is 29.1 Å². The second-order valence-electron chi connectivity index (χ2n) is 8.55. The lowest BCUT2D eigenvalue weighted by molar-refractivity contribution is -0.142. The molecule has 1 amide bonds. The summed E-state index contributed by atoms with van der Waals surface area (Å²) in [6, 6.07) is 17.9. The molecule has 1 aromatic heterocycles. The summed E-state index contributed by atoms with van der Waals surface area (Å²) >= 11 is 0. The summed E-state index contributed by atoms with van der Waals surface area (Å²) in [6.45, 7) is 0.433. The highest BCUT2D eigenvalue weighted by molar-refractivity contribution is 6.20. The fraction of sp³-hybridized carbons (Fsp3) is 0.259. The first-order chi connectivity index (χ1) is 16.6. The number of ether oxygens (including phenoxy) is 2. The summed E-state index contributed by atoms with van der Waals surface area (Å²) in [5.74, 6) is 5.28. The summed E-state index contributed by atoms with van der Waals surface area (Å²) in [7, 11) is 1.34. The lowest BCUT2D eigenvalue weighted by Crippen LogP contribution is -2.30. The Morgan fingerprint density at radius 1 is 1.03 bits per heavy atom. The highest BCUT2D eigenvalue weighted by Gasteiger charge is 2.26. The molecule has 0 bridgehead atoms. The zero-order valence-electron chi connectivity index (χ0n) is 19.1. The fourth-order valence-corrected chi connectivity index (χ4v) is 5.05. The summed E-state index contributed by atoms with van der Waals surface area (Å²) in [4.78, 5) is 24.7. The van der Waals surface area contributed by atoms with Gasteiger partial charge in [-0.3, -0.25) is 10.2 Å². The molecule has 3 N–H and O–H groups in total. The number of hydrogen-bond acceptors (Lipinski definition) is 5. The number of aromatic nitrogens is 1. The van der Waals surface area contributed by atoms with Crippen molar-refractivity contribution in [3.05, 3.63) is 76.9 Å². The van der Waals surface area contributed by atoms with E-state index in [1.807, 2.05) is 36.4 Å². The van der Waals surface area contributed by atoms with E-state index >= 15 is 0 Å². The van der Waals surface area contributed by atoms with Crippen molar-refractivity contribution in [3.8, 4) is 5.75 Å². The molecule has 0 saturated carbocycles. The van der Waals surface area contributed by atoms with Crippen LogP contribution in [-0.4, -0.2) is 30.2 Å². The third-order valence-corrected chi connectivity index (χ3v) is 6.57. The Labute approximate surface area is 197 Å². The second-order valence-corrected chi connectivity index (χ2v) is 8.55. The number of hydrogen-bond donors (Lipinski definition) is 2. The van der Waals surface area contributed by atoms with Crippen LogP contribution >= 0.6 is 0 Å². The molecule has 0 saturated heterocycles. The van der Waals surface area contributed by atoms with E-state index in [2.05, 4.69) is 22.1 Å². The van der Waals surface area contributed by atoms with E-state index < -0.39 is 5.97 Å². The van der Waals surface area contributed by atoms with Gasteiger partial charge in [-0.2, -0.15) is 0 Å². The number of carbonyl (C=O) groups excluding carboxylic acids is 2. The highest BCUT2D eigenvalue weighted by atomic mass is 16.6. The molecule has 0 atom stereocenters. The fourth-order valence-electron chi connectivity index (χ4n) is 5.05. The number of aryl methyl sites for hydroxylation is 2. The van der Waals surface area contributed by atoms with Gasteiger partial charge in [-0.25, -0.2) is 10.6 Å². The number of esters is 1. The van der Waals surface area contributed by atoms with Crippen molar-refractivity contribution >= 4 is 33.7 Å². The molecule has 7 heteroatoms. The van der Waals surface area contributed by atoms with Gasteiger partial charge in [-0.05, 0) is 60.6 Å². The van der Waals surface area contributed by atoms with Crippen molar-refractivity contribution in [1.29, 1.82) is 0 Å². The number of hydrazine groups is 1. The molecule has 0 fully saturated rings. The Kier molecular flexibility index (Phi) is 5.94. The number of fused-ring (bicyclic) bond motifs is 5. The average molecular weight is 458 g/mol. The Hall–Kier alpha value is -3.84. The molecule has 1 heterocycles. The van der Waals surface area contributed by atoms with Crippen LogP contribution in [0.4, 0.5) is 0 Å². The van der Waals surface area contributed by atoms with Gasteiger partial charge >= 0.3 is 5.97 Å². The van der Waals surface area contributed by atoms with Crippen LogP contribution in [0.1, 0.15) is 39.9 Å². The highest BCUT2D eigenvalue weighted by Crippen LogP contribution is 2.43. The first-order valence-electron chi connectivity index (χ1n) is 11.5. The third kappa shape index (κ3) is 3.78. The minimum absolute atomic E-state index is 0.207. The average Bonchev–Trinajstić information content (AvgIpc) is 3.22. The summed E-state index contributed by atoms with van der Waals surface area (Å²) in [6.07, 6.45) is 4.11. The zero-order chi connectivity index (χ0) is 23.7. The van der Waals surface area contributed by atoms with Crippen molar-refractivity contribution in [2.75, 3.05) is 13.7 Å².